The van der Waals surface area contributed by atoms with E-state index in [0.717, 1.165) is 18.5 Å². The fourth-order valence-corrected chi connectivity index (χ4v) is 2.53. The Labute approximate surface area is 106 Å². The van der Waals surface area contributed by atoms with Gasteiger partial charge < -0.3 is 10.1 Å². The van der Waals surface area contributed by atoms with Crippen molar-refractivity contribution in [3.63, 3.8) is 0 Å². The maximum atomic E-state index is 13.0. The molecule has 4 heteroatoms. The van der Waals surface area contributed by atoms with E-state index in [1.54, 1.807) is 12.1 Å². The number of hydrogen-bond donors (Lipinski definition) is 1. The summed E-state index contributed by atoms with van der Waals surface area (Å²) in [6, 6.07) is 5.08. The van der Waals surface area contributed by atoms with Crippen molar-refractivity contribution < 1.29 is 9.13 Å². The first-order chi connectivity index (χ1) is 8.04. The smallest absolute Gasteiger partial charge is 0.141 e. The number of benzene rings is 1. The molecule has 1 aromatic carbocycles. The van der Waals surface area contributed by atoms with Gasteiger partial charge >= 0.3 is 0 Å². The second kappa shape index (κ2) is 5.23. The quantitative estimate of drug-likeness (QED) is 0.869. The summed E-state index contributed by atoms with van der Waals surface area (Å²) in [7, 11) is 0. The van der Waals surface area contributed by atoms with E-state index in [1.807, 2.05) is 0 Å². The summed E-state index contributed by atoms with van der Waals surface area (Å²) in [5.41, 5.74) is 0.864. The number of ether oxygens (including phenoxy) is 1. The van der Waals surface area contributed by atoms with E-state index in [1.165, 1.54) is 6.07 Å². The monoisotopic (exact) mass is 257 g/mol. The van der Waals surface area contributed by atoms with Gasteiger partial charge in [-0.2, -0.15) is 0 Å². The van der Waals surface area contributed by atoms with Gasteiger partial charge in [0.1, 0.15) is 5.82 Å². The van der Waals surface area contributed by atoms with Crippen LogP contribution in [0.1, 0.15) is 26.7 Å². The average molecular weight is 258 g/mol. The fraction of sp³-hybridized carbons (Fsp3) is 0.538. The first-order valence-electron chi connectivity index (χ1n) is 5.91. The summed E-state index contributed by atoms with van der Waals surface area (Å²) >= 11 is 5.75. The lowest BCUT2D eigenvalue weighted by Crippen LogP contribution is -2.36. The van der Waals surface area contributed by atoms with Crippen molar-refractivity contribution in [3.8, 4) is 0 Å². The number of nitrogens with one attached hydrogen (secondary N) is 1. The third kappa shape index (κ3) is 3.33. The van der Waals surface area contributed by atoms with E-state index < -0.39 is 0 Å². The van der Waals surface area contributed by atoms with Crippen molar-refractivity contribution in [2.24, 2.45) is 0 Å². The lowest BCUT2D eigenvalue weighted by Gasteiger charge is -2.33. The van der Waals surface area contributed by atoms with Crippen LogP contribution in [0.15, 0.2) is 18.2 Å². The molecule has 17 heavy (non-hydrogen) atoms. The van der Waals surface area contributed by atoms with Gasteiger partial charge in [0.2, 0.25) is 0 Å². The Morgan fingerprint density at radius 2 is 1.94 bits per heavy atom. The highest BCUT2D eigenvalue weighted by molar-refractivity contribution is 6.31. The molecule has 0 aromatic heterocycles. The van der Waals surface area contributed by atoms with Crippen LogP contribution in [-0.4, -0.2) is 18.2 Å². The van der Waals surface area contributed by atoms with Crippen molar-refractivity contribution in [3.05, 3.63) is 29.0 Å². The number of hydrogen-bond acceptors (Lipinski definition) is 2. The lowest BCUT2D eigenvalue weighted by atomic mass is 9.99. The molecule has 1 heterocycles. The van der Waals surface area contributed by atoms with Crippen molar-refractivity contribution in [2.75, 3.05) is 5.32 Å². The van der Waals surface area contributed by atoms with Gasteiger partial charge in [-0.25, -0.2) is 4.39 Å². The molecule has 2 unspecified atom stereocenters. The van der Waals surface area contributed by atoms with Gasteiger partial charge in [0.05, 0.1) is 17.2 Å². The molecule has 1 saturated heterocycles. The molecule has 0 aliphatic carbocycles. The largest absolute Gasteiger partial charge is 0.382 e. The van der Waals surface area contributed by atoms with E-state index in [-0.39, 0.29) is 23.0 Å². The third-order valence-corrected chi connectivity index (χ3v) is 3.28. The zero-order valence-corrected chi connectivity index (χ0v) is 10.8. The summed E-state index contributed by atoms with van der Waals surface area (Å²) < 4.78 is 18.7. The molecule has 2 atom stereocenters. The minimum Gasteiger partial charge on any atom is -0.382 e. The van der Waals surface area contributed by atoms with Crippen molar-refractivity contribution >= 4 is 17.3 Å². The molecule has 1 N–H and O–H groups in total. The van der Waals surface area contributed by atoms with Crippen LogP contribution in [0.25, 0.3) is 0 Å². The molecule has 0 spiro atoms. The Hall–Kier alpha value is -0.800. The Balaban J connectivity index is 2.02. The summed E-state index contributed by atoms with van der Waals surface area (Å²) in [5, 5.41) is 3.53. The molecule has 0 radical (unpaired) electrons. The Kier molecular flexibility index (Phi) is 3.89. The molecule has 1 aliphatic heterocycles. The van der Waals surface area contributed by atoms with Crippen LogP contribution < -0.4 is 5.32 Å². The van der Waals surface area contributed by atoms with Gasteiger partial charge in [-0.15, -0.1) is 0 Å². The normalized spacial score (nSPS) is 29.1. The topological polar surface area (TPSA) is 21.3 Å². The van der Waals surface area contributed by atoms with Crippen LogP contribution in [0, 0.1) is 5.82 Å². The van der Waals surface area contributed by atoms with E-state index in [9.17, 15) is 4.39 Å². The van der Waals surface area contributed by atoms with Gasteiger partial charge in [-0.05, 0) is 44.9 Å². The maximum Gasteiger partial charge on any atom is 0.141 e. The van der Waals surface area contributed by atoms with Crippen LogP contribution in [0.2, 0.25) is 5.02 Å². The van der Waals surface area contributed by atoms with Gasteiger partial charge in [0.25, 0.3) is 0 Å². The minimum absolute atomic E-state index is 0.156. The Bertz CT molecular complexity index is 389. The molecule has 1 fully saturated rings. The van der Waals surface area contributed by atoms with Crippen LogP contribution in [0.5, 0.6) is 0 Å². The summed E-state index contributed by atoms with van der Waals surface area (Å²) in [6.45, 7) is 4.14. The van der Waals surface area contributed by atoms with E-state index in [0.29, 0.717) is 6.04 Å². The van der Waals surface area contributed by atoms with Crippen LogP contribution in [-0.2, 0) is 4.74 Å². The maximum absolute atomic E-state index is 13.0. The predicted molar refractivity (Wildman–Crippen MR) is 68.1 cm³/mol. The van der Waals surface area contributed by atoms with Gasteiger partial charge in [0, 0.05) is 11.7 Å². The third-order valence-electron chi connectivity index (χ3n) is 2.99. The average Bonchev–Trinajstić information content (AvgIpc) is 2.22. The number of anilines is 1. The highest BCUT2D eigenvalue weighted by atomic mass is 35.5. The van der Waals surface area contributed by atoms with E-state index >= 15 is 0 Å². The second-order valence-corrected chi connectivity index (χ2v) is 5.11. The fourth-order valence-electron chi connectivity index (χ4n) is 2.34. The van der Waals surface area contributed by atoms with Crippen LogP contribution >= 0.6 is 11.6 Å². The molecular weight excluding hydrogens is 241 g/mol. The SMILES string of the molecule is CC1CC(Nc2ccc(F)c(Cl)c2)CC(C)O1. The number of rotatable bonds is 2. The van der Waals surface area contributed by atoms with Crippen LogP contribution in [0.4, 0.5) is 10.1 Å². The van der Waals surface area contributed by atoms with Crippen molar-refractivity contribution in [2.45, 2.75) is 44.9 Å². The molecule has 0 saturated carbocycles. The highest BCUT2D eigenvalue weighted by Gasteiger charge is 2.24. The Morgan fingerprint density at radius 3 is 2.53 bits per heavy atom. The summed E-state index contributed by atoms with van der Waals surface area (Å²) in [4.78, 5) is 0. The molecule has 2 nitrogen and oxygen atoms in total. The molecule has 2 rings (SSSR count). The first-order valence-corrected chi connectivity index (χ1v) is 6.29. The first kappa shape index (κ1) is 12.7. The predicted octanol–water partition coefficient (Wildman–Crippen LogP) is 3.85. The zero-order chi connectivity index (χ0) is 12.4. The molecule has 1 aliphatic rings. The van der Waals surface area contributed by atoms with Gasteiger partial charge in [-0.1, -0.05) is 11.6 Å². The zero-order valence-electron chi connectivity index (χ0n) is 10.0. The van der Waals surface area contributed by atoms with E-state index in [4.69, 9.17) is 16.3 Å². The summed E-state index contributed by atoms with van der Waals surface area (Å²) in [5.74, 6) is -0.383. The van der Waals surface area contributed by atoms with E-state index in [2.05, 4.69) is 19.2 Å². The molecular formula is C13H17ClFNO. The summed E-state index contributed by atoms with van der Waals surface area (Å²) in [6.07, 6.45) is 2.43. The van der Waals surface area contributed by atoms with Crippen molar-refractivity contribution in [1.29, 1.82) is 0 Å². The minimum atomic E-state index is -0.383. The standard InChI is InChI=1S/C13H17ClFNO/c1-8-5-11(6-9(2)17-8)16-10-3-4-13(15)12(14)7-10/h3-4,7-9,11,16H,5-6H2,1-2H3. The van der Waals surface area contributed by atoms with Crippen LogP contribution in [0.3, 0.4) is 0 Å². The second-order valence-electron chi connectivity index (χ2n) is 4.70. The highest BCUT2D eigenvalue weighted by Crippen LogP contribution is 2.25. The molecule has 0 amide bonds. The van der Waals surface area contributed by atoms with Gasteiger partial charge in [0.15, 0.2) is 0 Å². The molecule has 94 valence electrons. The van der Waals surface area contributed by atoms with Crippen molar-refractivity contribution in [1.82, 2.24) is 0 Å². The number of halogens is 2. The molecule has 0 bridgehead atoms. The lowest BCUT2D eigenvalue weighted by molar-refractivity contribution is -0.0337. The van der Waals surface area contributed by atoms with Gasteiger partial charge in [-0.3, -0.25) is 0 Å². The Morgan fingerprint density at radius 1 is 1.29 bits per heavy atom. The molecule has 1 aromatic rings.